The van der Waals surface area contributed by atoms with Gasteiger partial charge in [-0.3, -0.25) is 0 Å². The maximum absolute atomic E-state index is 10.4. The van der Waals surface area contributed by atoms with Crippen molar-refractivity contribution in [1.82, 2.24) is 0 Å². The van der Waals surface area contributed by atoms with Crippen LogP contribution in [0.15, 0.2) is 46.9 Å². The van der Waals surface area contributed by atoms with Gasteiger partial charge in [0.05, 0.1) is 7.11 Å². The molecule has 0 heterocycles. The van der Waals surface area contributed by atoms with Crippen LogP contribution in [0.3, 0.4) is 0 Å². The molecule has 0 radical (unpaired) electrons. The van der Waals surface area contributed by atoms with Crippen LogP contribution in [0, 0.1) is 3.57 Å². The van der Waals surface area contributed by atoms with Gasteiger partial charge in [0.1, 0.15) is 11.9 Å². The molecule has 0 saturated carbocycles. The molecule has 18 heavy (non-hydrogen) atoms. The molecule has 2 aromatic rings. The van der Waals surface area contributed by atoms with Crippen LogP contribution in [-0.4, -0.2) is 12.2 Å². The van der Waals surface area contributed by atoms with Gasteiger partial charge in [-0.2, -0.15) is 0 Å². The highest BCUT2D eigenvalue weighted by atomic mass is 127. The fourth-order valence-electron chi connectivity index (χ4n) is 1.78. The lowest BCUT2D eigenvalue weighted by Gasteiger charge is -2.15. The lowest BCUT2D eigenvalue weighted by Crippen LogP contribution is -2.02. The van der Waals surface area contributed by atoms with Gasteiger partial charge < -0.3 is 9.84 Å². The third kappa shape index (κ3) is 3.05. The van der Waals surface area contributed by atoms with E-state index in [4.69, 9.17) is 4.74 Å². The van der Waals surface area contributed by atoms with Gasteiger partial charge >= 0.3 is 0 Å². The number of hydrogen-bond donors (Lipinski definition) is 1. The van der Waals surface area contributed by atoms with Crippen molar-refractivity contribution in [3.8, 4) is 5.75 Å². The Bertz CT molecular complexity index is 557. The summed E-state index contributed by atoms with van der Waals surface area (Å²) < 4.78 is 7.31. The molecule has 0 fully saturated rings. The number of aliphatic hydroxyl groups excluding tert-OH is 1. The van der Waals surface area contributed by atoms with E-state index in [2.05, 4.69) is 38.5 Å². The van der Waals surface area contributed by atoms with Crippen LogP contribution in [0.1, 0.15) is 17.2 Å². The monoisotopic (exact) mass is 418 g/mol. The predicted molar refractivity (Wildman–Crippen MR) is 83.9 cm³/mol. The fourth-order valence-corrected chi connectivity index (χ4v) is 2.72. The highest BCUT2D eigenvalue weighted by Gasteiger charge is 2.16. The first-order valence-electron chi connectivity index (χ1n) is 5.39. The minimum Gasteiger partial charge on any atom is -0.496 e. The van der Waals surface area contributed by atoms with Crippen LogP contribution >= 0.6 is 38.5 Å². The fraction of sp³-hybridized carbons (Fsp3) is 0.143. The van der Waals surface area contributed by atoms with E-state index in [0.29, 0.717) is 5.75 Å². The number of ether oxygens (including phenoxy) is 1. The molecule has 0 saturated heterocycles. The molecule has 0 amide bonds. The van der Waals surface area contributed by atoms with E-state index in [1.165, 1.54) is 0 Å². The summed E-state index contributed by atoms with van der Waals surface area (Å²) in [6.45, 7) is 0. The zero-order chi connectivity index (χ0) is 13.1. The Hall–Kier alpha value is -0.590. The molecule has 2 rings (SSSR count). The lowest BCUT2D eigenvalue weighted by atomic mass is 10.0. The molecule has 0 spiro atoms. The molecule has 1 unspecified atom stereocenters. The summed E-state index contributed by atoms with van der Waals surface area (Å²) in [5.74, 6) is 0.685. The zero-order valence-electron chi connectivity index (χ0n) is 9.73. The second-order valence-corrected chi connectivity index (χ2v) is 6.01. The van der Waals surface area contributed by atoms with E-state index >= 15 is 0 Å². The van der Waals surface area contributed by atoms with Crippen molar-refractivity contribution in [3.05, 3.63) is 61.6 Å². The Morgan fingerprint density at radius 2 is 2.00 bits per heavy atom. The maximum Gasteiger partial charge on any atom is 0.125 e. The summed E-state index contributed by atoms with van der Waals surface area (Å²) in [6.07, 6.45) is -0.688. The standard InChI is InChI=1S/C14H12BrIO2/c1-18-13-6-5-10(15)8-12(13)14(17)9-3-2-4-11(16)7-9/h2-8,14,17H,1H3. The molecule has 4 heteroatoms. The molecule has 94 valence electrons. The average molecular weight is 419 g/mol. The predicted octanol–water partition coefficient (Wildman–Crippen LogP) is 4.14. The molecule has 0 bridgehead atoms. The number of halogens is 2. The first-order chi connectivity index (χ1) is 8.61. The number of benzene rings is 2. The topological polar surface area (TPSA) is 29.5 Å². The third-order valence-corrected chi connectivity index (χ3v) is 3.81. The van der Waals surface area contributed by atoms with Crippen LogP contribution in [0.5, 0.6) is 5.75 Å². The van der Waals surface area contributed by atoms with Crippen LogP contribution in [0.25, 0.3) is 0 Å². The normalized spacial score (nSPS) is 12.2. The Morgan fingerprint density at radius 3 is 2.67 bits per heavy atom. The van der Waals surface area contributed by atoms with Crippen molar-refractivity contribution in [2.75, 3.05) is 7.11 Å². The Labute approximate surface area is 128 Å². The highest BCUT2D eigenvalue weighted by Crippen LogP contribution is 2.32. The Kier molecular flexibility index (Phi) is 4.64. The third-order valence-electron chi connectivity index (χ3n) is 2.65. The summed E-state index contributed by atoms with van der Waals surface area (Å²) in [4.78, 5) is 0. The quantitative estimate of drug-likeness (QED) is 0.759. The van der Waals surface area contributed by atoms with Gasteiger partial charge in [0.2, 0.25) is 0 Å². The molecule has 0 aliphatic heterocycles. The summed E-state index contributed by atoms with van der Waals surface area (Å²) in [6, 6.07) is 13.4. The van der Waals surface area contributed by atoms with Crippen molar-refractivity contribution in [1.29, 1.82) is 0 Å². The molecule has 1 atom stereocenters. The van der Waals surface area contributed by atoms with Crippen LogP contribution in [0.2, 0.25) is 0 Å². The molecule has 1 N–H and O–H groups in total. The summed E-state index contributed by atoms with van der Waals surface area (Å²) >= 11 is 5.64. The van der Waals surface area contributed by atoms with Crippen LogP contribution in [0.4, 0.5) is 0 Å². The number of hydrogen-bond acceptors (Lipinski definition) is 2. The molecule has 0 aliphatic rings. The summed E-state index contributed by atoms with van der Waals surface area (Å²) in [5.41, 5.74) is 1.62. The first kappa shape index (κ1) is 13.8. The van der Waals surface area contributed by atoms with Crippen LogP contribution < -0.4 is 4.74 Å². The van der Waals surface area contributed by atoms with E-state index in [0.717, 1.165) is 19.2 Å². The van der Waals surface area contributed by atoms with Gasteiger partial charge in [0.25, 0.3) is 0 Å². The minimum absolute atomic E-state index is 0.685. The Morgan fingerprint density at radius 1 is 1.22 bits per heavy atom. The van der Waals surface area contributed by atoms with Gasteiger partial charge in [0.15, 0.2) is 0 Å². The van der Waals surface area contributed by atoms with Crippen LogP contribution in [-0.2, 0) is 0 Å². The molecule has 2 aromatic carbocycles. The van der Waals surface area contributed by atoms with Crippen molar-refractivity contribution in [2.24, 2.45) is 0 Å². The van der Waals surface area contributed by atoms with E-state index in [1.807, 2.05) is 42.5 Å². The highest BCUT2D eigenvalue weighted by molar-refractivity contribution is 14.1. The zero-order valence-corrected chi connectivity index (χ0v) is 13.5. The van der Waals surface area contributed by atoms with Crippen molar-refractivity contribution in [2.45, 2.75) is 6.10 Å². The molecule has 0 aromatic heterocycles. The van der Waals surface area contributed by atoms with Gasteiger partial charge in [-0.1, -0.05) is 28.1 Å². The number of rotatable bonds is 3. The van der Waals surface area contributed by atoms with Crippen molar-refractivity contribution >= 4 is 38.5 Å². The molecular formula is C14H12BrIO2. The average Bonchev–Trinajstić information content (AvgIpc) is 2.38. The number of methoxy groups -OCH3 is 1. The van der Waals surface area contributed by atoms with E-state index in [-0.39, 0.29) is 0 Å². The van der Waals surface area contributed by atoms with Gasteiger partial charge in [-0.15, -0.1) is 0 Å². The maximum atomic E-state index is 10.4. The van der Waals surface area contributed by atoms with Gasteiger partial charge in [-0.25, -0.2) is 0 Å². The molecule has 0 aliphatic carbocycles. The van der Waals surface area contributed by atoms with Crippen molar-refractivity contribution in [3.63, 3.8) is 0 Å². The van der Waals surface area contributed by atoms with Crippen molar-refractivity contribution < 1.29 is 9.84 Å². The smallest absolute Gasteiger partial charge is 0.125 e. The minimum atomic E-state index is -0.688. The van der Waals surface area contributed by atoms with E-state index in [9.17, 15) is 5.11 Å². The largest absolute Gasteiger partial charge is 0.496 e. The SMILES string of the molecule is COc1ccc(Br)cc1C(O)c1cccc(I)c1. The van der Waals surface area contributed by atoms with Gasteiger partial charge in [0, 0.05) is 13.6 Å². The second kappa shape index (κ2) is 6.04. The summed E-state index contributed by atoms with van der Waals surface area (Å²) in [5, 5.41) is 10.4. The van der Waals surface area contributed by atoms with Gasteiger partial charge in [-0.05, 0) is 58.5 Å². The number of aliphatic hydroxyl groups is 1. The second-order valence-electron chi connectivity index (χ2n) is 3.84. The first-order valence-corrected chi connectivity index (χ1v) is 7.26. The summed E-state index contributed by atoms with van der Waals surface area (Å²) in [7, 11) is 1.61. The Balaban J connectivity index is 2.44. The molecule has 2 nitrogen and oxygen atoms in total. The van der Waals surface area contributed by atoms with E-state index in [1.54, 1.807) is 7.11 Å². The molecular weight excluding hydrogens is 407 g/mol. The van der Waals surface area contributed by atoms with E-state index < -0.39 is 6.10 Å². The lowest BCUT2D eigenvalue weighted by molar-refractivity contribution is 0.214.